The van der Waals surface area contributed by atoms with Crippen LogP contribution < -0.4 is 0 Å². The molecule has 3 heteroatoms. The lowest BCUT2D eigenvalue weighted by Crippen LogP contribution is -2.53. The van der Waals surface area contributed by atoms with Gasteiger partial charge in [0.25, 0.3) is 0 Å². The van der Waals surface area contributed by atoms with Gasteiger partial charge in [0, 0.05) is 17.2 Å². The summed E-state index contributed by atoms with van der Waals surface area (Å²) in [5.41, 5.74) is 0.324. The zero-order valence-electron chi connectivity index (χ0n) is 14.9. The summed E-state index contributed by atoms with van der Waals surface area (Å²) in [5, 5.41) is 0.0901. The molecule has 0 saturated carbocycles. The summed E-state index contributed by atoms with van der Waals surface area (Å²) in [7, 11) is -2.23. The molecule has 0 aliphatic heterocycles. The van der Waals surface area contributed by atoms with E-state index in [1.165, 1.54) is 0 Å². The van der Waals surface area contributed by atoms with Crippen molar-refractivity contribution < 1.29 is 8.85 Å². The number of rotatable bonds is 6. The van der Waals surface area contributed by atoms with Crippen LogP contribution in [0.2, 0.25) is 11.1 Å². The summed E-state index contributed by atoms with van der Waals surface area (Å²) in [6.45, 7) is 22.2. The molecule has 0 aliphatic carbocycles. The van der Waals surface area contributed by atoms with Gasteiger partial charge in [-0.15, -0.1) is 0 Å². The molecule has 2 nitrogen and oxygen atoms in total. The molecular weight excluding hydrogens is 252 g/mol. The van der Waals surface area contributed by atoms with Gasteiger partial charge >= 0.3 is 8.56 Å². The first kappa shape index (κ1) is 19.1. The van der Waals surface area contributed by atoms with Gasteiger partial charge in [0.15, 0.2) is 0 Å². The summed E-state index contributed by atoms with van der Waals surface area (Å²) in [5.74, 6) is 0. The maximum Gasteiger partial charge on any atom is 0.344 e. The Labute approximate surface area is 122 Å². The minimum atomic E-state index is -2.23. The quantitative estimate of drug-likeness (QED) is 0.600. The smallest absolute Gasteiger partial charge is 0.344 e. The molecule has 0 aromatic heterocycles. The Kier molecular flexibility index (Phi) is 6.78. The van der Waals surface area contributed by atoms with Crippen LogP contribution in [0.1, 0.15) is 75.7 Å². The summed E-state index contributed by atoms with van der Waals surface area (Å²) >= 11 is 0. The van der Waals surface area contributed by atoms with Gasteiger partial charge in [-0.1, -0.05) is 41.5 Å². The molecule has 0 spiro atoms. The second kappa shape index (κ2) is 6.73. The average Bonchev–Trinajstić information content (AvgIpc) is 2.09. The van der Waals surface area contributed by atoms with E-state index in [0.29, 0.717) is 5.41 Å². The monoisotopic (exact) mass is 288 g/mol. The Morgan fingerprint density at radius 3 is 1.37 bits per heavy atom. The van der Waals surface area contributed by atoms with Gasteiger partial charge in [0.1, 0.15) is 0 Å². The van der Waals surface area contributed by atoms with Crippen molar-refractivity contribution in [1.29, 1.82) is 0 Å². The third-order valence-corrected chi connectivity index (χ3v) is 8.10. The second-order valence-electron chi connectivity index (χ2n) is 8.40. The molecule has 0 N–H and O–H groups in total. The fraction of sp³-hybridized carbons (Fsp3) is 1.00. The lowest BCUT2D eigenvalue weighted by atomic mass is 9.94. The third-order valence-electron chi connectivity index (χ3n) is 3.20. The standard InChI is InChI=1S/C16H36O2Si/c1-13(2)17-19(16(8,9)10,18-14(3)4)12-11-15(5,6)7/h13-14H,11-12H2,1-10H3. The van der Waals surface area contributed by atoms with E-state index < -0.39 is 8.56 Å². The summed E-state index contributed by atoms with van der Waals surface area (Å²) in [6, 6.07) is 1.07. The first-order valence-electron chi connectivity index (χ1n) is 7.65. The molecule has 0 heterocycles. The predicted octanol–water partition coefficient (Wildman–Crippen LogP) is 5.51. The SMILES string of the molecule is CC(C)O[Si](CCC(C)(C)C)(OC(C)C)C(C)(C)C. The Bertz CT molecular complexity index is 249. The normalized spacial score (nSPS) is 14.5. The highest BCUT2D eigenvalue weighted by Gasteiger charge is 2.50. The van der Waals surface area contributed by atoms with Crippen LogP contribution in [0.25, 0.3) is 0 Å². The fourth-order valence-corrected chi connectivity index (χ4v) is 6.53. The van der Waals surface area contributed by atoms with Crippen molar-refractivity contribution in [3.8, 4) is 0 Å². The van der Waals surface area contributed by atoms with Crippen molar-refractivity contribution in [3.05, 3.63) is 0 Å². The molecule has 0 atom stereocenters. The largest absolute Gasteiger partial charge is 0.391 e. The van der Waals surface area contributed by atoms with Crippen LogP contribution in [0, 0.1) is 5.41 Å². The molecule has 0 rings (SSSR count). The van der Waals surface area contributed by atoms with Gasteiger partial charge in [-0.05, 0) is 45.6 Å². The topological polar surface area (TPSA) is 18.5 Å². The van der Waals surface area contributed by atoms with Crippen molar-refractivity contribution in [2.75, 3.05) is 0 Å². The average molecular weight is 289 g/mol. The summed E-state index contributed by atoms with van der Waals surface area (Å²) in [6.07, 6.45) is 1.60. The molecule has 0 fully saturated rings. The van der Waals surface area contributed by atoms with Crippen LogP contribution in [0.3, 0.4) is 0 Å². The molecule has 19 heavy (non-hydrogen) atoms. The Hall–Kier alpha value is 0.137. The van der Waals surface area contributed by atoms with E-state index >= 15 is 0 Å². The molecule has 0 radical (unpaired) electrons. The van der Waals surface area contributed by atoms with Gasteiger partial charge in [0.05, 0.1) is 0 Å². The molecule has 0 saturated heterocycles. The van der Waals surface area contributed by atoms with E-state index in [-0.39, 0.29) is 17.2 Å². The summed E-state index contributed by atoms with van der Waals surface area (Å²) < 4.78 is 12.9. The van der Waals surface area contributed by atoms with Crippen LogP contribution >= 0.6 is 0 Å². The maximum absolute atomic E-state index is 6.43. The maximum atomic E-state index is 6.43. The molecule has 116 valence electrons. The van der Waals surface area contributed by atoms with E-state index in [2.05, 4.69) is 69.2 Å². The van der Waals surface area contributed by atoms with Crippen LogP contribution in [0.15, 0.2) is 0 Å². The number of hydrogen-bond donors (Lipinski definition) is 0. The molecular formula is C16H36O2Si. The van der Waals surface area contributed by atoms with Gasteiger partial charge in [0.2, 0.25) is 0 Å². The molecule has 0 bridgehead atoms. The van der Waals surface area contributed by atoms with Gasteiger partial charge in [-0.2, -0.15) is 0 Å². The Morgan fingerprint density at radius 2 is 1.16 bits per heavy atom. The Morgan fingerprint density at radius 1 is 0.789 bits per heavy atom. The van der Waals surface area contributed by atoms with Gasteiger partial charge < -0.3 is 8.85 Å². The van der Waals surface area contributed by atoms with Crippen LogP contribution in [0.5, 0.6) is 0 Å². The highest BCUT2D eigenvalue weighted by molar-refractivity contribution is 6.70. The second-order valence-corrected chi connectivity index (χ2v) is 12.4. The first-order valence-corrected chi connectivity index (χ1v) is 9.67. The van der Waals surface area contributed by atoms with Crippen molar-refractivity contribution >= 4 is 8.56 Å². The molecule has 0 aromatic carbocycles. The first-order chi connectivity index (χ1) is 8.29. The molecule has 0 aromatic rings. The predicted molar refractivity (Wildman–Crippen MR) is 86.8 cm³/mol. The zero-order chi connectivity index (χ0) is 15.5. The van der Waals surface area contributed by atoms with Crippen molar-refractivity contribution in [2.45, 2.75) is 98.9 Å². The highest BCUT2D eigenvalue weighted by Crippen LogP contribution is 2.44. The zero-order valence-corrected chi connectivity index (χ0v) is 15.9. The van der Waals surface area contributed by atoms with Crippen molar-refractivity contribution in [3.63, 3.8) is 0 Å². The van der Waals surface area contributed by atoms with Crippen LogP contribution in [-0.2, 0) is 8.85 Å². The summed E-state index contributed by atoms with van der Waals surface area (Å²) in [4.78, 5) is 0. The lowest BCUT2D eigenvalue weighted by Gasteiger charge is -2.44. The molecule has 0 unspecified atom stereocenters. The molecule has 0 aliphatic rings. The van der Waals surface area contributed by atoms with E-state index in [0.717, 1.165) is 12.5 Å². The lowest BCUT2D eigenvalue weighted by molar-refractivity contribution is 0.0852. The minimum Gasteiger partial charge on any atom is -0.391 e. The highest BCUT2D eigenvalue weighted by atomic mass is 28.4. The van der Waals surface area contributed by atoms with E-state index in [1.54, 1.807) is 0 Å². The van der Waals surface area contributed by atoms with Gasteiger partial charge in [-0.3, -0.25) is 0 Å². The molecule has 0 amide bonds. The minimum absolute atomic E-state index is 0.0901. The Balaban J connectivity index is 5.24. The van der Waals surface area contributed by atoms with E-state index in [9.17, 15) is 0 Å². The van der Waals surface area contributed by atoms with Gasteiger partial charge in [-0.25, -0.2) is 0 Å². The number of hydrogen-bond acceptors (Lipinski definition) is 2. The third kappa shape index (κ3) is 6.91. The van der Waals surface area contributed by atoms with Crippen LogP contribution in [0.4, 0.5) is 0 Å². The van der Waals surface area contributed by atoms with E-state index in [1.807, 2.05) is 0 Å². The fourth-order valence-electron chi connectivity index (χ4n) is 2.18. The van der Waals surface area contributed by atoms with E-state index in [4.69, 9.17) is 8.85 Å². The van der Waals surface area contributed by atoms with Crippen molar-refractivity contribution in [2.24, 2.45) is 5.41 Å². The van der Waals surface area contributed by atoms with Crippen molar-refractivity contribution in [1.82, 2.24) is 0 Å². The van der Waals surface area contributed by atoms with Crippen LogP contribution in [-0.4, -0.2) is 20.8 Å².